The van der Waals surface area contributed by atoms with E-state index in [4.69, 9.17) is 0 Å². The molecule has 0 spiro atoms. The average Bonchev–Trinajstić information content (AvgIpc) is 2.72. The lowest BCUT2D eigenvalue weighted by Crippen LogP contribution is -2.34. The molecule has 1 atom stereocenters. The van der Waals surface area contributed by atoms with E-state index in [9.17, 15) is 10.0 Å². The minimum atomic E-state index is 0.154. The molecule has 1 aliphatic heterocycles. The van der Waals surface area contributed by atoms with Crippen molar-refractivity contribution < 1.29 is 9.52 Å². The van der Waals surface area contributed by atoms with Gasteiger partial charge in [0.1, 0.15) is 0 Å². The van der Waals surface area contributed by atoms with E-state index in [1.165, 1.54) is 37.2 Å². The third-order valence-corrected chi connectivity index (χ3v) is 5.03. The Balaban J connectivity index is 1.82. The van der Waals surface area contributed by atoms with Crippen molar-refractivity contribution in [1.29, 1.82) is 0 Å². The van der Waals surface area contributed by atoms with E-state index in [0.29, 0.717) is 10.8 Å². The first kappa shape index (κ1) is 16.1. The fourth-order valence-corrected chi connectivity index (χ4v) is 3.68. The van der Waals surface area contributed by atoms with Gasteiger partial charge < -0.3 is 10.1 Å². The van der Waals surface area contributed by atoms with E-state index in [-0.39, 0.29) is 5.91 Å². The van der Waals surface area contributed by atoms with E-state index in [0.717, 1.165) is 36.6 Å². The van der Waals surface area contributed by atoms with E-state index in [2.05, 4.69) is 6.92 Å². The van der Waals surface area contributed by atoms with Gasteiger partial charge in [-0.3, -0.25) is 4.79 Å². The van der Waals surface area contributed by atoms with Gasteiger partial charge in [-0.15, -0.1) is 0 Å². The van der Waals surface area contributed by atoms with Crippen LogP contribution in [-0.2, 0) is 4.79 Å². The van der Waals surface area contributed by atoms with Gasteiger partial charge in [0.25, 0.3) is 5.03 Å². The SMILES string of the molecule is CCC[C@@H]1CCCN(C(=O)CSc2cccc[n+]2[O-])CC1. The molecule has 1 fully saturated rings. The van der Waals surface area contributed by atoms with E-state index < -0.39 is 0 Å². The second kappa shape index (κ2) is 8.27. The third kappa shape index (κ3) is 4.92. The van der Waals surface area contributed by atoms with Crippen LogP contribution >= 0.6 is 11.8 Å². The summed E-state index contributed by atoms with van der Waals surface area (Å²) in [7, 11) is 0. The van der Waals surface area contributed by atoms with Crippen LogP contribution in [0.15, 0.2) is 29.4 Å². The molecule has 4 nitrogen and oxygen atoms in total. The summed E-state index contributed by atoms with van der Waals surface area (Å²) in [5, 5.41) is 12.1. The van der Waals surface area contributed by atoms with E-state index in [1.54, 1.807) is 12.1 Å². The zero-order chi connectivity index (χ0) is 15.1. The highest BCUT2D eigenvalue weighted by Crippen LogP contribution is 2.22. The first-order valence-corrected chi connectivity index (χ1v) is 8.78. The topological polar surface area (TPSA) is 47.2 Å². The molecule has 0 aliphatic carbocycles. The first-order valence-electron chi connectivity index (χ1n) is 7.79. The highest BCUT2D eigenvalue weighted by molar-refractivity contribution is 7.99. The molecule has 0 saturated carbocycles. The summed E-state index contributed by atoms with van der Waals surface area (Å²) in [4.78, 5) is 14.3. The van der Waals surface area contributed by atoms with E-state index in [1.807, 2.05) is 11.0 Å². The number of carbonyl (C=O) groups excluding carboxylic acids is 1. The Morgan fingerprint density at radius 1 is 1.43 bits per heavy atom. The number of hydrogen-bond acceptors (Lipinski definition) is 3. The normalized spacial score (nSPS) is 19.3. The Bertz CT molecular complexity index is 467. The summed E-state index contributed by atoms with van der Waals surface area (Å²) < 4.78 is 0.817. The molecule has 5 heteroatoms. The van der Waals surface area contributed by atoms with Gasteiger partial charge in [-0.2, -0.15) is 4.73 Å². The fraction of sp³-hybridized carbons (Fsp3) is 0.625. The lowest BCUT2D eigenvalue weighted by molar-refractivity contribution is -0.645. The highest BCUT2D eigenvalue weighted by atomic mass is 32.2. The smallest absolute Gasteiger partial charge is 0.251 e. The fourth-order valence-electron chi connectivity index (χ4n) is 2.86. The number of rotatable bonds is 5. The Kier molecular flexibility index (Phi) is 6.36. The molecule has 1 amide bonds. The summed E-state index contributed by atoms with van der Waals surface area (Å²) in [5.41, 5.74) is 0. The summed E-state index contributed by atoms with van der Waals surface area (Å²) in [6, 6.07) is 5.27. The maximum Gasteiger partial charge on any atom is 0.251 e. The van der Waals surface area contributed by atoms with Gasteiger partial charge in [0, 0.05) is 25.2 Å². The van der Waals surface area contributed by atoms with Crippen LogP contribution in [0.4, 0.5) is 0 Å². The quantitative estimate of drug-likeness (QED) is 0.477. The molecule has 0 N–H and O–H groups in total. The largest absolute Gasteiger partial charge is 0.618 e. The van der Waals surface area contributed by atoms with Crippen molar-refractivity contribution in [1.82, 2.24) is 4.90 Å². The molecule has 0 unspecified atom stereocenters. The van der Waals surface area contributed by atoms with Crippen molar-refractivity contribution in [3.05, 3.63) is 29.6 Å². The number of carbonyl (C=O) groups is 1. The van der Waals surface area contributed by atoms with Crippen molar-refractivity contribution in [2.45, 2.75) is 44.1 Å². The summed E-state index contributed by atoms with van der Waals surface area (Å²) >= 11 is 1.33. The van der Waals surface area contributed by atoms with Crippen LogP contribution in [0.5, 0.6) is 0 Å². The van der Waals surface area contributed by atoms with Crippen molar-refractivity contribution in [2.24, 2.45) is 5.92 Å². The number of hydrogen-bond donors (Lipinski definition) is 0. The lowest BCUT2D eigenvalue weighted by Gasteiger charge is -2.20. The number of thioether (sulfide) groups is 1. The monoisotopic (exact) mass is 308 g/mol. The van der Waals surface area contributed by atoms with Gasteiger partial charge >= 0.3 is 0 Å². The number of amides is 1. The van der Waals surface area contributed by atoms with Crippen LogP contribution in [0.25, 0.3) is 0 Å². The van der Waals surface area contributed by atoms with E-state index >= 15 is 0 Å². The molecule has 2 rings (SSSR count). The number of aromatic nitrogens is 1. The Hall–Kier alpha value is -1.23. The summed E-state index contributed by atoms with van der Waals surface area (Å²) in [6.45, 7) is 3.96. The molecule has 21 heavy (non-hydrogen) atoms. The highest BCUT2D eigenvalue weighted by Gasteiger charge is 2.21. The van der Waals surface area contributed by atoms with Gasteiger partial charge in [0.15, 0.2) is 6.20 Å². The first-order chi connectivity index (χ1) is 10.2. The number of nitrogens with zero attached hydrogens (tertiary/aromatic N) is 2. The Labute approximate surface area is 131 Å². The zero-order valence-electron chi connectivity index (χ0n) is 12.7. The van der Waals surface area contributed by atoms with Gasteiger partial charge in [-0.05, 0) is 43.0 Å². The van der Waals surface area contributed by atoms with Gasteiger partial charge in [-0.25, -0.2) is 0 Å². The maximum absolute atomic E-state index is 12.3. The number of pyridine rings is 1. The Morgan fingerprint density at radius 3 is 3.05 bits per heavy atom. The molecular formula is C16H24N2O2S. The third-order valence-electron chi connectivity index (χ3n) is 4.03. The Morgan fingerprint density at radius 2 is 2.29 bits per heavy atom. The van der Waals surface area contributed by atoms with Crippen LogP contribution in [0.1, 0.15) is 39.0 Å². The van der Waals surface area contributed by atoms with Crippen molar-refractivity contribution in [3.63, 3.8) is 0 Å². The van der Waals surface area contributed by atoms with Crippen molar-refractivity contribution in [2.75, 3.05) is 18.8 Å². The van der Waals surface area contributed by atoms with Crippen LogP contribution in [0.2, 0.25) is 0 Å². The van der Waals surface area contributed by atoms with Crippen molar-refractivity contribution in [3.8, 4) is 0 Å². The minimum absolute atomic E-state index is 0.154. The minimum Gasteiger partial charge on any atom is -0.618 e. The van der Waals surface area contributed by atoms with Gasteiger partial charge in [0.2, 0.25) is 5.91 Å². The molecule has 1 aliphatic rings. The van der Waals surface area contributed by atoms with Gasteiger partial charge in [-0.1, -0.05) is 19.8 Å². The molecule has 0 aromatic carbocycles. The standard InChI is InChI=1S/C16H24N2O2S/c1-2-6-14-7-5-10-17(12-9-14)15(19)13-21-16-8-3-4-11-18(16)20/h3-4,8,11,14H,2,5-7,9-10,12-13H2,1H3/t14-/m1/s1. The summed E-state index contributed by atoms with van der Waals surface area (Å²) in [5.74, 6) is 1.28. The van der Waals surface area contributed by atoms with Crippen LogP contribution in [-0.4, -0.2) is 29.6 Å². The van der Waals surface area contributed by atoms with Crippen LogP contribution in [0, 0.1) is 11.1 Å². The molecule has 1 aromatic heterocycles. The predicted octanol–water partition coefficient (Wildman–Crippen LogP) is 2.84. The zero-order valence-corrected chi connectivity index (χ0v) is 13.5. The number of likely N-dealkylation sites (tertiary alicyclic amines) is 1. The second-order valence-electron chi connectivity index (χ2n) is 5.62. The maximum atomic E-state index is 12.3. The lowest BCUT2D eigenvalue weighted by atomic mass is 9.96. The predicted molar refractivity (Wildman–Crippen MR) is 85.0 cm³/mol. The molecular weight excluding hydrogens is 284 g/mol. The molecule has 1 saturated heterocycles. The van der Waals surface area contributed by atoms with Gasteiger partial charge in [0.05, 0.1) is 5.75 Å². The molecule has 2 heterocycles. The van der Waals surface area contributed by atoms with Crippen molar-refractivity contribution >= 4 is 17.7 Å². The molecule has 1 aromatic rings. The van der Waals surface area contributed by atoms with Crippen LogP contribution in [0.3, 0.4) is 0 Å². The molecule has 0 bridgehead atoms. The average molecular weight is 308 g/mol. The summed E-state index contributed by atoms with van der Waals surface area (Å²) in [6.07, 6.45) is 7.44. The molecule has 0 radical (unpaired) electrons. The molecule has 116 valence electrons. The second-order valence-corrected chi connectivity index (χ2v) is 6.62. The van der Waals surface area contributed by atoms with Crippen LogP contribution < -0.4 is 4.73 Å².